The molecule has 0 atom stereocenters. The van der Waals surface area contributed by atoms with Crippen LogP contribution in [-0.2, 0) is 0 Å². The van der Waals surface area contributed by atoms with Crippen LogP contribution in [0.3, 0.4) is 0 Å². The number of rotatable bonds is 1. The van der Waals surface area contributed by atoms with Crippen molar-refractivity contribution in [2.45, 2.75) is 13.8 Å². The number of fused-ring (bicyclic) bond motifs is 3. The molecule has 22 heavy (non-hydrogen) atoms. The van der Waals surface area contributed by atoms with Crippen LogP contribution in [0.1, 0.15) is 11.4 Å². The van der Waals surface area contributed by atoms with Crippen LogP contribution in [0.4, 0.5) is 0 Å². The second-order valence-corrected chi connectivity index (χ2v) is 5.44. The Balaban J connectivity index is 2.18. The summed E-state index contributed by atoms with van der Waals surface area (Å²) in [6, 6.07) is 5.66. The Hall–Kier alpha value is -2.60. The van der Waals surface area contributed by atoms with Crippen molar-refractivity contribution in [1.29, 1.82) is 0 Å². The summed E-state index contributed by atoms with van der Waals surface area (Å²) in [6.07, 6.45) is 3.35. The van der Waals surface area contributed by atoms with Crippen LogP contribution in [-0.4, -0.2) is 29.5 Å². The number of halogens is 1. The van der Waals surface area contributed by atoms with Crippen molar-refractivity contribution >= 4 is 28.4 Å². The van der Waals surface area contributed by atoms with E-state index in [2.05, 4.69) is 25.1 Å². The van der Waals surface area contributed by atoms with Gasteiger partial charge < -0.3 is 0 Å². The molecule has 0 bridgehead atoms. The molecule has 0 amide bonds. The number of hydrogen-bond acceptors (Lipinski definition) is 5. The second-order valence-electron chi connectivity index (χ2n) is 5.03. The molecular weight excluding hydrogens is 300 g/mol. The molecule has 108 valence electrons. The third kappa shape index (κ3) is 1.84. The lowest BCUT2D eigenvalue weighted by Gasteiger charge is -2.07. The van der Waals surface area contributed by atoms with E-state index in [1.165, 1.54) is 0 Å². The Morgan fingerprint density at radius 3 is 2.82 bits per heavy atom. The summed E-state index contributed by atoms with van der Waals surface area (Å²) in [5, 5.41) is 9.07. The number of aromatic nitrogens is 6. The molecular formula is C15H11ClN6. The molecule has 0 fully saturated rings. The summed E-state index contributed by atoms with van der Waals surface area (Å²) in [5.74, 6) is 0.639. The first kappa shape index (κ1) is 13.1. The molecule has 0 aliphatic heterocycles. The van der Waals surface area contributed by atoms with E-state index in [-0.39, 0.29) is 0 Å². The zero-order valence-corrected chi connectivity index (χ0v) is 12.7. The minimum atomic E-state index is 0.526. The minimum absolute atomic E-state index is 0.526. The summed E-state index contributed by atoms with van der Waals surface area (Å²) in [6.45, 7) is 3.81. The molecule has 4 aromatic heterocycles. The summed E-state index contributed by atoms with van der Waals surface area (Å²) in [4.78, 5) is 13.1. The second kappa shape index (κ2) is 4.71. The van der Waals surface area contributed by atoms with Crippen molar-refractivity contribution in [3.05, 3.63) is 47.0 Å². The van der Waals surface area contributed by atoms with Crippen LogP contribution in [0.2, 0.25) is 5.02 Å². The van der Waals surface area contributed by atoms with E-state index in [0.717, 1.165) is 22.5 Å². The lowest BCUT2D eigenvalue weighted by atomic mass is 10.2. The summed E-state index contributed by atoms with van der Waals surface area (Å²) in [7, 11) is 0. The fraction of sp³-hybridized carbons (Fsp3) is 0.133. The zero-order chi connectivity index (χ0) is 15.3. The Morgan fingerprint density at radius 1 is 1.09 bits per heavy atom. The lowest BCUT2D eigenvalue weighted by molar-refractivity contribution is 1.10. The van der Waals surface area contributed by atoms with Gasteiger partial charge in [0, 0.05) is 23.7 Å². The first-order valence-electron chi connectivity index (χ1n) is 6.74. The molecule has 0 radical (unpaired) electrons. The number of aryl methyl sites for hydroxylation is 2. The van der Waals surface area contributed by atoms with E-state index in [4.69, 9.17) is 11.6 Å². The van der Waals surface area contributed by atoms with Crippen molar-refractivity contribution in [2.75, 3.05) is 0 Å². The van der Waals surface area contributed by atoms with E-state index in [0.29, 0.717) is 22.1 Å². The molecule has 0 unspecified atom stereocenters. The summed E-state index contributed by atoms with van der Waals surface area (Å²) >= 11 is 6.30. The molecule has 4 aromatic rings. The molecule has 7 heteroatoms. The van der Waals surface area contributed by atoms with Gasteiger partial charge >= 0.3 is 0 Å². The molecule has 0 aliphatic rings. The third-order valence-electron chi connectivity index (χ3n) is 3.49. The molecule has 0 spiro atoms. The highest BCUT2D eigenvalue weighted by Crippen LogP contribution is 2.28. The smallest absolute Gasteiger partial charge is 0.184 e. The van der Waals surface area contributed by atoms with Gasteiger partial charge in [0.05, 0.1) is 10.7 Å². The third-order valence-corrected chi connectivity index (χ3v) is 3.79. The van der Waals surface area contributed by atoms with E-state index in [1.54, 1.807) is 12.4 Å². The fourth-order valence-electron chi connectivity index (χ4n) is 2.49. The molecule has 0 aromatic carbocycles. The maximum atomic E-state index is 6.30. The monoisotopic (exact) mass is 310 g/mol. The van der Waals surface area contributed by atoms with E-state index >= 15 is 0 Å². The molecule has 0 aliphatic carbocycles. The van der Waals surface area contributed by atoms with Crippen LogP contribution in [0, 0.1) is 13.8 Å². The van der Waals surface area contributed by atoms with Crippen molar-refractivity contribution in [3.8, 4) is 11.4 Å². The van der Waals surface area contributed by atoms with Crippen LogP contribution >= 0.6 is 11.6 Å². The highest BCUT2D eigenvalue weighted by atomic mass is 35.5. The van der Waals surface area contributed by atoms with Crippen molar-refractivity contribution in [2.24, 2.45) is 0 Å². The van der Waals surface area contributed by atoms with Gasteiger partial charge in [0.15, 0.2) is 17.1 Å². The van der Waals surface area contributed by atoms with Gasteiger partial charge in [-0.05, 0) is 32.0 Å². The van der Waals surface area contributed by atoms with E-state index in [9.17, 15) is 0 Å². The summed E-state index contributed by atoms with van der Waals surface area (Å²) < 4.78 is 1.89. The first-order chi connectivity index (χ1) is 10.6. The Bertz CT molecular complexity index is 1020. The SMILES string of the molecule is Cc1cc(-c2nnc3c(C)nc4cccnc4n23)c(Cl)cn1. The predicted molar refractivity (Wildman–Crippen MR) is 83.8 cm³/mol. The van der Waals surface area contributed by atoms with E-state index in [1.807, 2.05) is 36.4 Å². The van der Waals surface area contributed by atoms with Gasteiger partial charge in [-0.15, -0.1) is 10.2 Å². The Morgan fingerprint density at radius 2 is 1.95 bits per heavy atom. The lowest BCUT2D eigenvalue weighted by Crippen LogP contribution is -1.99. The average molecular weight is 311 g/mol. The normalized spacial score (nSPS) is 11.4. The largest absolute Gasteiger partial charge is 0.260 e. The highest BCUT2D eigenvalue weighted by Gasteiger charge is 2.17. The molecule has 0 saturated carbocycles. The Kier molecular flexibility index (Phi) is 2.80. The van der Waals surface area contributed by atoms with Gasteiger partial charge in [0.1, 0.15) is 5.52 Å². The molecule has 0 N–H and O–H groups in total. The van der Waals surface area contributed by atoms with Gasteiger partial charge in [-0.25, -0.2) is 9.97 Å². The number of hydrogen-bond donors (Lipinski definition) is 0. The average Bonchev–Trinajstić information content (AvgIpc) is 2.95. The highest BCUT2D eigenvalue weighted by molar-refractivity contribution is 6.33. The van der Waals surface area contributed by atoms with Crippen LogP contribution < -0.4 is 0 Å². The topological polar surface area (TPSA) is 68.9 Å². The fourth-order valence-corrected chi connectivity index (χ4v) is 2.67. The van der Waals surface area contributed by atoms with Crippen LogP contribution in [0.15, 0.2) is 30.6 Å². The van der Waals surface area contributed by atoms with Gasteiger partial charge in [0.2, 0.25) is 0 Å². The van der Waals surface area contributed by atoms with Gasteiger partial charge in [-0.1, -0.05) is 11.6 Å². The van der Waals surface area contributed by atoms with Crippen molar-refractivity contribution in [3.63, 3.8) is 0 Å². The first-order valence-corrected chi connectivity index (χ1v) is 7.12. The van der Waals surface area contributed by atoms with Crippen molar-refractivity contribution in [1.82, 2.24) is 29.5 Å². The molecule has 6 nitrogen and oxygen atoms in total. The maximum Gasteiger partial charge on any atom is 0.184 e. The summed E-state index contributed by atoms with van der Waals surface area (Å²) in [5.41, 5.74) is 4.59. The Labute approximate surface area is 130 Å². The van der Waals surface area contributed by atoms with Gasteiger partial charge in [0.25, 0.3) is 0 Å². The quantitative estimate of drug-likeness (QED) is 0.540. The maximum absolute atomic E-state index is 6.30. The van der Waals surface area contributed by atoms with Crippen LogP contribution in [0.25, 0.3) is 28.2 Å². The number of nitrogens with zero attached hydrogens (tertiary/aromatic N) is 6. The molecule has 0 saturated heterocycles. The number of pyridine rings is 2. The van der Waals surface area contributed by atoms with Gasteiger partial charge in [-0.3, -0.25) is 9.38 Å². The standard InChI is InChI=1S/C15H11ClN6/c1-8-6-10(11(16)7-18-8)14-21-20-13-9(2)19-12-4-3-5-17-15(12)22(13)14/h3-7H,1-2H3. The van der Waals surface area contributed by atoms with Crippen molar-refractivity contribution < 1.29 is 0 Å². The minimum Gasteiger partial charge on any atom is -0.260 e. The zero-order valence-electron chi connectivity index (χ0n) is 11.9. The van der Waals surface area contributed by atoms with E-state index < -0.39 is 0 Å². The molecule has 4 heterocycles. The molecule has 4 rings (SSSR count). The predicted octanol–water partition coefficient (Wildman–Crippen LogP) is 3.00. The van der Waals surface area contributed by atoms with Gasteiger partial charge in [-0.2, -0.15) is 0 Å². The van der Waals surface area contributed by atoms with Crippen LogP contribution in [0.5, 0.6) is 0 Å².